The largest absolute Gasteiger partial charge is 0.481 e. The lowest BCUT2D eigenvalue weighted by molar-refractivity contribution is -0.142. The molecular weight excluding hydrogens is 510 g/mol. The van der Waals surface area contributed by atoms with Crippen LogP contribution in [0.3, 0.4) is 0 Å². The van der Waals surface area contributed by atoms with Gasteiger partial charge in [-0.25, -0.2) is 0 Å². The number of amides is 2. The van der Waals surface area contributed by atoms with Crippen molar-refractivity contribution in [1.29, 1.82) is 0 Å². The van der Waals surface area contributed by atoms with Crippen LogP contribution in [-0.4, -0.2) is 57.7 Å². The molecule has 3 heterocycles. The third-order valence-corrected chi connectivity index (χ3v) is 11.6. The number of anilines is 1. The number of carboxylic acids is 1. The van der Waals surface area contributed by atoms with Gasteiger partial charge >= 0.3 is 10.8 Å². The van der Waals surface area contributed by atoms with Gasteiger partial charge in [0.05, 0.1) is 16.9 Å². The number of aromatic amines is 1. The highest BCUT2D eigenvalue weighted by Crippen LogP contribution is 2.68. The zero-order valence-electron chi connectivity index (χ0n) is 20.9. The van der Waals surface area contributed by atoms with E-state index in [9.17, 15) is 19.2 Å². The molecule has 2 aromatic rings. The maximum absolute atomic E-state index is 13.5. The Morgan fingerprint density at radius 3 is 2.41 bits per heavy atom. The number of fused-ring (bicyclic) bond motifs is 9. The van der Waals surface area contributed by atoms with Crippen molar-refractivity contribution in [3.05, 3.63) is 44.4 Å². The lowest BCUT2D eigenvalue weighted by Crippen LogP contribution is -2.42. The third-order valence-electron chi connectivity index (χ3n) is 8.97. The number of aromatic nitrogens is 1. The number of benzene rings is 1. The molecule has 196 valence electrons. The molecule has 2 aliphatic carbocycles. The van der Waals surface area contributed by atoms with Crippen molar-refractivity contribution in [3.8, 4) is 0 Å². The summed E-state index contributed by atoms with van der Waals surface area (Å²) >= 11 is 2.96. The van der Waals surface area contributed by atoms with Gasteiger partial charge in [0.25, 0.3) is 0 Å². The predicted octanol–water partition coefficient (Wildman–Crippen LogP) is 3.62. The van der Waals surface area contributed by atoms with Crippen molar-refractivity contribution in [3.63, 3.8) is 0 Å². The van der Waals surface area contributed by atoms with Gasteiger partial charge in [0, 0.05) is 47.8 Å². The molecule has 10 heteroatoms. The molecule has 4 aliphatic rings. The molecule has 7 unspecified atom stereocenters. The summed E-state index contributed by atoms with van der Waals surface area (Å²) < 4.78 is 0. The van der Waals surface area contributed by atoms with Crippen LogP contribution in [0.5, 0.6) is 0 Å². The van der Waals surface area contributed by atoms with E-state index < -0.39 is 5.97 Å². The molecule has 6 rings (SSSR count). The lowest BCUT2D eigenvalue weighted by Gasteiger charge is -2.43. The Kier molecular flexibility index (Phi) is 6.22. The standard InChI is InChI=1S/C27H31N3O5S2/c1-3-29(4-2)14-9-7-13(8-10-14)18-19-15-12-16(22(19)36-24-23(18)37-27(35)28-24)21-20(15)25(33)30(26(21)34)11-5-6-17(31)32/h7-10,15-16,18-22H,3-6,11-12H2,1-2H3,(H,28,35)(H,31,32). The Hall–Kier alpha value is -2.59. The molecule has 2 saturated carbocycles. The number of nitrogens with zero attached hydrogens (tertiary/aromatic N) is 2. The zero-order valence-corrected chi connectivity index (χ0v) is 22.5. The van der Waals surface area contributed by atoms with Crippen LogP contribution >= 0.6 is 23.1 Å². The van der Waals surface area contributed by atoms with Crippen LogP contribution in [0.4, 0.5) is 5.69 Å². The van der Waals surface area contributed by atoms with Crippen molar-refractivity contribution < 1.29 is 19.5 Å². The minimum absolute atomic E-state index is 0.0101. The SMILES string of the molecule is CCN(CC)c1ccc(C2c3sc(=O)[nH]c3SC3C4CC(C5C(=O)N(CCCC(=O)O)C(=O)C45)C23)cc1. The number of thiazole rings is 1. The van der Waals surface area contributed by atoms with E-state index in [4.69, 9.17) is 5.11 Å². The highest BCUT2D eigenvalue weighted by molar-refractivity contribution is 8.00. The Balaban J connectivity index is 1.35. The van der Waals surface area contributed by atoms with Gasteiger partial charge in [-0.3, -0.25) is 24.1 Å². The van der Waals surface area contributed by atoms with Crippen LogP contribution in [0.15, 0.2) is 34.1 Å². The number of likely N-dealkylation sites (tertiary alicyclic amines) is 1. The zero-order chi connectivity index (χ0) is 26.0. The maximum atomic E-state index is 13.5. The number of hydrogen-bond acceptors (Lipinski definition) is 7. The average Bonchev–Trinajstić information content (AvgIpc) is 3.60. The monoisotopic (exact) mass is 541 g/mol. The second-order valence-corrected chi connectivity index (χ2v) is 12.8. The molecule has 2 bridgehead atoms. The maximum Gasteiger partial charge on any atom is 0.305 e. The number of thioether (sulfide) groups is 1. The predicted molar refractivity (Wildman–Crippen MR) is 142 cm³/mol. The molecule has 0 radical (unpaired) electrons. The summed E-state index contributed by atoms with van der Waals surface area (Å²) in [6.45, 7) is 6.31. The van der Waals surface area contributed by atoms with Gasteiger partial charge in [-0.15, -0.1) is 11.8 Å². The van der Waals surface area contributed by atoms with Gasteiger partial charge in [0.15, 0.2) is 0 Å². The quantitative estimate of drug-likeness (QED) is 0.491. The third kappa shape index (κ3) is 3.78. The molecule has 8 nitrogen and oxygen atoms in total. The number of hydrogen-bond donors (Lipinski definition) is 2. The van der Waals surface area contributed by atoms with Crippen molar-refractivity contribution in [2.75, 3.05) is 24.5 Å². The summed E-state index contributed by atoms with van der Waals surface area (Å²) in [5.74, 6) is -1.49. The fraction of sp³-hybridized carbons (Fsp3) is 0.556. The number of carbonyl (C=O) groups excluding carboxylic acids is 2. The van der Waals surface area contributed by atoms with E-state index in [1.165, 1.54) is 21.9 Å². The van der Waals surface area contributed by atoms with E-state index in [2.05, 4.69) is 48.0 Å². The number of H-pyrrole nitrogens is 1. The lowest BCUT2D eigenvalue weighted by atomic mass is 9.68. The highest BCUT2D eigenvalue weighted by Gasteiger charge is 2.69. The van der Waals surface area contributed by atoms with E-state index in [0.717, 1.165) is 35.0 Å². The molecule has 1 saturated heterocycles. The minimum Gasteiger partial charge on any atom is -0.481 e. The fourth-order valence-corrected chi connectivity index (χ4v) is 10.4. The number of carboxylic acid groups (broad SMARTS) is 1. The van der Waals surface area contributed by atoms with Crippen LogP contribution < -0.4 is 9.77 Å². The van der Waals surface area contributed by atoms with Crippen LogP contribution in [0.1, 0.15) is 49.5 Å². The number of carbonyl (C=O) groups is 3. The molecule has 7 atom stereocenters. The van der Waals surface area contributed by atoms with E-state index in [0.29, 0.717) is 0 Å². The molecule has 2 N–H and O–H groups in total. The number of imide groups is 1. The minimum atomic E-state index is -0.920. The Labute approximate surface area is 223 Å². The second-order valence-electron chi connectivity index (χ2n) is 10.5. The molecule has 2 amide bonds. The first kappa shape index (κ1) is 24.7. The first-order valence-corrected chi connectivity index (χ1v) is 14.8. The van der Waals surface area contributed by atoms with Gasteiger partial charge in [0.1, 0.15) is 0 Å². The van der Waals surface area contributed by atoms with Crippen molar-refractivity contribution in [2.24, 2.45) is 29.6 Å². The second kappa shape index (κ2) is 9.31. The van der Waals surface area contributed by atoms with Crippen molar-refractivity contribution >= 4 is 46.6 Å². The first-order valence-electron chi connectivity index (χ1n) is 13.2. The molecule has 37 heavy (non-hydrogen) atoms. The molecule has 1 aromatic carbocycles. The van der Waals surface area contributed by atoms with E-state index in [1.54, 1.807) is 11.8 Å². The molecule has 2 aliphatic heterocycles. The first-order chi connectivity index (χ1) is 17.8. The summed E-state index contributed by atoms with van der Waals surface area (Å²) in [5, 5.41) is 10.1. The van der Waals surface area contributed by atoms with Gasteiger partial charge in [-0.05, 0) is 62.1 Å². The average molecular weight is 542 g/mol. The van der Waals surface area contributed by atoms with Crippen molar-refractivity contribution in [2.45, 2.75) is 49.3 Å². The Morgan fingerprint density at radius 2 is 1.76 bits per heavy atom. The summed E-state index contributed by atoms with van der Waals surface area (Å²) in [6, 6.07) is 8.64. The summed E-state index contributed by atoms with van der Waals surface area (Å²) in [7, 11) is 0. The van der Waals surface area contributed by atoms with E-state index in [1.807, 2.05) is 0 Å². The van der Waals surface area contributed by atoms with Crippen molar-refractivity contribution in [1.82, 2.24) is 9.88 Å². The Bertz CT molecular complexity index is 1300. The fourth-order valence-electron chi connectivity index (χ4n) is 7.54. The molecule has 3 fully saturated rings. The summed E-state index contributed by atoms with van der Waals surface area (Å²) in [6.07, 6.45) is 1.08. The summed E-state index contributed by atoms with van der Waals surface area (Å²) in [4.78, 5) is 58.0. The van der Waals surface area contributed by atoms with Gasteiger partial charge in [-0.2, -0.15) is 0 Å². The topological polar surface area (TPSA) is 111 Å². The number of rotatable bonds is 8. The van der Waals surface area contributed by atoms with Crippen LogP contribution in [0, 0.1) is 29.6 Å². The molecule has 1 aromatic heterocycles. The Morgan fingerprint density at radius 1 is 1.08 bits per heavy atom. The normalized spacial score (nSPS) is 31.4. The molecular formula is C27H31N3O5S2. The number of aliphatic carboxylic acids is 1. The van der Waals surface area contributed by atoms with Gasteiger partial charge < -0.3 is 15.0 Å². The number of nitrogens with one attached hydrogen (secondary N) is 1. The van der Waals surface area contributed by atoms with Gasteiger partial charge in [-0.1, -0.05) is 23.5 Å². The molecule has 0 spiro atoms. The van der Waals surface area contributed by atoms with Gasteiger partial charge in [0.2, 0.25) is 11.8 Å². The van der Waals surface area contributed by atoms with Crippen LogP contribution in [-0.2, 0) is 14.4 Å². The van der Waals surface area contributed by atoms with E-state index >= 15 is 0 Å². The van der Waals surface area contributed by atoms with Crippen LogP contribution in [0.2, 0.25) is 0 Å². The van der Waals surface area contributed by atoms with Crippen LogP contribution in [0.25, 0.3) is 0 Å². The highest BCUT2D eigenvalue weighted by atomic mass is 32.2. The summed E-state index contributed by atoms with van der Waals surface area (Å²) in [5.41, 5.74) is 2.32. The van der Waals surface area contributed by atoms with E-state index in [-0.39, 0.29) is 76.8 Å². The smallest absolute Gasteiger partial charge is 0.305 e.